The van der Waals surface area contributed by atoms with E-state index in [1.54, 1.807) is 0 Å². The van der Waals surface area contributed by atoms with Gasteiger partial charge >= 0.3 is 0 Å². The van der Waals surface area contributed by atoms with Gasteiger partial charge in [-0.15, -0.1) is 0 Å². The Morgan fingerprint density at radius 2 is 1.75 bits per heavy atom. The summed E-state index contributed by atoms with van der Waals surface area (Å²) in [5.41, 5.74) is 5.21. The Morgan fingerprint density at radius 1 is 1.12 bits per heavy atom. The van der Waals surface area contributed by atoms with Crippen molar-refractivity contribution in [1.82, 2.24) is 15.0 Å². The molecular formula is C11H20N4O. The van der Waals surface area contributed by atoms with Crippen LogP contribution in [0.15, 0.2) is 0 Å². The van der Waals surface area contributed by atoms with Crippen molar-refractivity contribution in [2.75, 3.05) is 12.3 Å². The first-order chi connectivity index (χ1) is 7.57. The molecule has 0 aliphatic heterocycles. The van der Waals surface area contributed by atoms with Crippen LogP contribution in [0.4, 0.5) is 5.95 Å². The summed E-state index contributed by atoms with van der Waals surface area (Å²) >= 11 is 0. The SMILES string of the molecule is CCOC(CC)(CC)c1nc(C)nc(N)n1. The highest BCUT2D eigenvalue weighted by Crippen LogP contribution is 2.30. The minimum Gasteiger partial charge on any atom is -0.368 e. The van der Waals surface area contributed by atoms with Crippen LogP contribution in [-0.2, 0) is 10.3 Å². The molecule has 0 unspecified atom stereocenters. The van der Waals surface area contributed by atoms with Crippen LogP contribution in [0.5, 0.6) is 0 Å². The molecule has 0 spiro atoms. The molecule has 5 nitrogen and oxygen atoms in total. The predicted molar refractivity (Wildman–Crippen MR) is 62.9 cm³/mol. The number of hydrogen-bond donors (Lipinski definition) is 1. The number of rotatable bonds is 5. The third-order valence-corrected chi connectivity index (χ3v) is 2.73. The Labute approximate surface area is 96.5 Å². The van der Waals surface area contributed by atoms with Gasteiger partial charge < -0.3 is 10.5 Å². The van der Waals surface area contributed by atoms with Crippen LogP contribution >= 0.6 is 0 Å². The molecule has 0 saturated heterocycles. The number of aryl methyl sites for hydroxylation is 1. The van der Waals surface area contributed by atoms with E-state index in [1.807, 2.05) is 13.8 Å². The van der Waals surface area contributed by atoms with Crippen LogP contribution in [0.3, 0.4) is 0 Å². The van der Waals surface area contributed by atoms with E-state index in [0.29, 0.717) is 18.3 Å². The molecule has 2 N–H and O–H groups in total. The van der Waals surface area contributed by atoms with Gasteiger partial charge in [-0.3, -0.25) is 0 Å². The maximum atomic E-state index is 5.82. The molecule has 0 fully saturated rings. The highest BCUT2D eigenvalue weighted by Gasteiger charge is 2.32. The molecule has 5 heteroatoms. The van der Waals surface area contributed by atoms with Crippen molar-refractivity contribution < 1.29 is 4.74 Å². The number of nitrogens with two attached hydrogens (primary N) is 1. The molecule has 0 aromatic carbocycles. The fourth-order valence-electron chi connectivity index (χ4n) is 1.82. The minimum atomic E-state index is -0.434. The van der Waals surface area contributed by atoms with E-state index in [2.05, 4.69) is 28.8 Å². The van der Waals surface area contributed by atoms with E-state index in [9.17, 15) is 0 Å². The van der Waals surface area contributed by atoms with Gasteiger partial charge in [0.25, 0.3) is 0 Å². The number of nitrogens with zero attached hydrogens (tertiary/aromatic N) is 3. The van der Waals surface area contributed by atoms with Crippen LogP contribution in [0.1, 0.15) is 45.3 Å². The second-order valence-electron chi connectivity index (χ2n) is 3.70. The van der Waals surface area contributed by atoms with E-state index in [-0.39, 0.29) is 5.95 Å². The van der Waals surface area contributed by atoms with Gasteiger partial charge in [-0.2, -0.15) is 9.97 Å². The molecule has 0 bridgehead atoms. The minimum absolute atomic E-state index is 0.258. The van der Waals surface area contributed by atoms with Gasteiger partial charge in [-0.1, -0.05) is 13.8 Å². The molecule has 0 saturated carbocycles. The zero-order valence-electron chi connectivity index (χ0n) is 10.4. The number of anilines is 1. The first-order valence-corrected chi connectivity index (χ1v) is 5.70. The van der Waals surface area contributed by atoms with Crippen LogP contribution < -0.4 is 5.73 Å². The summed E-state index contributed by atoms with van der Waals surface area (Å²) in [7, 11) is 0. The molecule has 0 radical (unpaired) electrons. The predicted octanol–water partition coefficient (Wildman–Crippen LogP) is 1.81. The highest BCUT2D eigenvalue weighted by molar-refractivity contribution is 5.18. The molecule has 90 valence electrons. The maximum absolute atomic E-state index is 5.82. The normalized spacial score (nSPS) is 11.8. The van der Waals surface area contributed by atoms with Crippen molar-refractivity contribution in [3.63, 3.8) is 0 Å². The van der Waals surface area contributed by atoms with Gasteiger partial charge in [-0.25, -0.2) is 4.98 Å². The Bertz CT molecular complexity index is 330. The molecule has 16 heavy (non-hydrogen) atoms. The van der Waals surface area contributed by atoms with Gasteiger partial charge in [0.1, 0.15) is 11.4 Å². The van der Waals surface area contributed by atoms with Crippen molar-refractivity contribution in [2.45, 2.75) is 46.1 Å². The molecule has 0 aliphatic rings. The van der Waals surface area contributed by atoms with E-state index in [1.165, 1.54) is 0 Å². The van der Waals surface area contributed by atoms with Crippen molar-refractivity contribution >= 4 is 5.95 Å². The van der Waals surface area contributed by atoms with E-state index in [0.717, 1.165) is 12.8 Å². The van der Waals surface area contributed by atoms with Gasteiger partial charge in [0, 0.05) is 6.61 Å². The summed E-state index contributed by atoms with van der Waals surface area (Å²) in [6, 6.07) is 0. The van der Waals surface area contributed by atoms with Crippen LogP contribution in [0.25, 0.3) is 0 Å². The lowest BCUT2D eigenvalue weighted by molar-refractivity contribution is -0.0573. The molecule has 0 amide bonds. The zero-order valence-corrected chi connectivity index (χ0v) is 10.4. The summed E-state index contributed by atoms with van der Waals surface area (Å²) in [5, 5.41) is 0. The Hall–Kier alpha value is -1.23. The van der Waals surface area contributed by atoms with Gasteiger partial charge in [-0.05, 0) is 26.7 Å². The second-order valence-corrected chi connectivity index (χ2v) is 3.70. The Kier molecular flexibility index (Phi) is 4.18. The zero-order chi connectivity index (χ0) is 12.2. The number of ether oxygens (including phenoxy) is 1. The first-order valence-electron chi connectivity index (χ1n) is 5.70. The lowest BCUT2D eigenvalue weighted by Gasteiger charge is -2.29. The molecule has 1 aromatic rings. The summed E-state index contributed by atoms with van der Waals surface area (Å²) in [4.78, 5) is 12.5. The molecular weight excluding hydrogens is 204 g/mol. The lowest BCUT2D eigenvalue weighted by Crippen LogP contribution is -2.31. The van der Waals surface area contributed by atoms with Gasteiger partial charge in [0.2, 0.25) is 5.95 Å². The smallest absolute Gasteiger partial charge is 0.223 e. The van der Waals surface area contributed by atoms with E-state index < -0.39 is 5.60 Å². The average Bonchev–Trinajstić information content (AvgIpc) is 2.24. The fourth-order valence-corrected chi connectivity index (χ4v) is 1.82. The Morgan fingerprint density at radius 3 is 2.19 bits per heavy atom. The average molecular weight is 224 g/mol. The number of aromatic nitrogens is 3. The van der Waals surface area contributed by atoms with E-state index in [4.69, 9.17) is 10.5 Å². The third-order valence-electron chi connectivity index (χ3n) is 2.73. The quantitative estimate of drug-likeness (QED) is 0.825. The summed E-state index contributed by atoms with van der Waals surface area (Å²) < 4.78 is 5.82. The topological polar surface area (TPSA) is 73.9 Å². The molecule has 0 aliphatic carbocycles. The molecule has 0 atom stereocenters. The molecule has 1 heterocycles. The summed E-state index contributed by atoms with van der Waals surface area (Å²) in [6.07, 6.45) is 1.64. The summed E-state index contributed by atoms with van der Waals surface area (Å²) in [6.45, 7) is 8.54. The lowest BCUT2D eigenvalue weighted by atomic mass is 9.96. The first kappa shape index (κ1) is 12.8. The van der Waals surface area contributed by atoms with Crippen molar-refractivity contribution in [2.24, 2.45) is 0 Å². The van der Waals surface area contributed by atoms with E-state index >= 15 is 0 Å². The van der Waals surface area contributed by atoms with Gasteiger partial charge in [0.05, 0.1) is 0 Å². The van der Waals surface area contributed by atoms with Crippen molar-refractivity contribution in [3.8, 4) is 0 Å². The van der Waals surface area contributed by atoms with Crippen molar-refractivity contribution in [3.05, 3.63) is 11.6 Å². The second kappa shape index (κ2) is 5.21. The monoisotopic (exact) mass is 224 g/mol. The largest absolute Gasteiger partial charge is 0.368 e. The standard InChI is InChI=1S/C11H20N4O/c1-5-11(6-2,16-7-3)9-13-8(4)14-10(12)15-9/h5-7H2,1-4H3,(H2,12,13,14,15). The molecule has 1 aromatic heterocycles. The third kappa shape index (κ3) is 2.47. The van der Waals surface area contributed by atoms with Crippen LogP contribution in [0, 0.1) is 6.92 Å². The molecule has 1 rings (SSSR count). The van der Waals surface area contributed by atoms with Gasteiger partial charge in [0.15, 0.2) is 5.82 Å². The summed E-state index contributed by atoms with van der Waals surface area (Å²) in [5.74, 6) is 1.53. The number of nitrogen functional groups attached to an aromatic ring is 1. The van der Waals surface area contributed by atoms with Crippen LogP contribution in [-0.4, -0.2) is 21.6 Å². The van der Waals surface area contributed by atoms with Crippen LogP contribution in [0.2, 0.25) is 0 Å². The Balaban J connectivity index is 3.19. The maximum Gasteiger partial charge on any atom is 0.223 e. The highest BCUT2D eigenvalue weighted by atomic mass is 16.5. The number of hydrogen-bond acceptors (Lipinski definition) is 5. The van der Waals surface area contributed by atoms with Crippen molar-refractivity contribution in [1.29, 1.82) is 0 Å². The fraction of sp³-hybridized carbons (Fsp3) is 0.727.